The summed E-state index contributed by atoms with van der Waals surface area (Å²) < 4.78 is 1.10. The first-order valence-electron chi connectivity index (χ1n) is 6.68. The summed E-state index contributed by atoms with van der Waals surface area (Å²) in [5.74, 6) is 0. The van der Waals surface area contributed by atoms with Gasteiger partial charge in [-0.05, 0) is 49.4 Å². The summed E-state index contributed by atoms with van der Waals surface area (Å²) in [5.41, 5.74) is 3.73. The lowest BCUT2D eigenvalue weighted by Crippen LogP contribution is -2.21. The fourth-order valence-electron chi connectivity index (χ4n) is 2.23. The molecular weight excluding hydrogens is 314 g/mol. The van der Waals surface area contributed by atoms with Crippen molar-refractivity contribution in [2.45, 2.75) is 19.5 Å². The van der Waals surface area contributed by atoms with Crippen LogP contribution in [0, 0.1) is 0 Å². The third-order valence-corrected chi connectivity index (χ3v) is 3.94. The smallest absolute Gasteiger partial charge is 0.0441 e. The van der Waals surface area contributed by atoms with Crippen molar-refractivity contribution >= 4 is 21.6 Å². The van der Waals surface area contributed by atoms with Crippen LogP contribution >= 0.6 is 15.9 Å². The van der Waals surface area contributed by atoms with Crippen LogP contribution in [0.25, 0.3) is 0 Å². The molecule has 0 aliphatic rings. The van der Waals surface area contributed by atoms with Crippen LogP contribution in [0.1, 0.15) is 24.1 Å². The predicted octanol–water partition coefficient (Wildman–Crippen LogP) is 3.76. The van der Waals surface area contributed by atoms with E-state index in [-0.39, 0.29) is 0 Å². The number of hydrogen-bond acceptors (Lipinski definition) is 3. The normalized spacial score (nSPS) is 12.2. The zero-order valence-electron chi connectivity index (χ0n) is 12.1. The average Bonchev–Trinajstić information content (AvgIpc) is 2.47. The topological polar surface area (TPSA) is 28.2 Å². The van der Waals surface area contributed by atoms with Crippen molar-refractivity contribution in [1.82, 2.24) is 10.3 Å². The van der Waals surface area contributed by atoms with Gasteiger partial charge in [-0.2, -0.15) is 0 Å². The summed E-state index contributed by atoms with van der Waals surface area (Å²) in [6.45, 7) is 3.02. The fourth-order valence-corrected chi connectivity index (χ4v) is 2.60. The number of halogens is 1. The number of hydrogen-bond donors (Lipinski definition) is 1. The maximum absolute atomic E-state index is 4.17. The number of nitrogens with zero attached hydrogens (tertiary/aromatic N) is 2. The highest BCUT2D eigenvalue weighted by molar-refractivity contribution is 9.10. The molecule has 1 aromatic carbocycles. The van der Waals surface area contributed by atoms with Crippen LogP contribution in [0.3, 0.4) is 0 Å². The van der Waals surface area contributed by atoms with Gasteiger partial charge in [0.15, 0.2) is 0 Å². The van der Waals surface area contributed by atoms with Gasteiger partial charge in [-0.15, -0.1) is 0 Å². The molecule has 0 aliphatic heterocycles. The molecule has 0 spiro atoms. The minimum absolute atomic E-state index is 0.304. The molecule has 2 aromatic rings. The number of benzene rings is 1. The molecule has 1 heterocycles. The Balaban J connectivity index is 2.27. The zero-order chi connectivity index (χ0) is 14.5. The largest absolute Gasteiger partial charge is 0.370 e. The van der Waals surface area contributed by atoms with Gasteiger partial charge in [0.05, 0.1) is 0 Å². The number of aromatic nitrogens is 1. The second kappa shape index (κ2) is 6.86. The summed E-state index contributed by atoms with van der Waals surface area (Å²) in [6.07, 6.45) is 3.72. The third kappa shape index (κ3) is 3.58. The maximum Gasteiger partial charge on any atom is 0.0441 e. The quantitative estimate of drug-likeness (QED) is 0.902. The Morgan fingerprint density at radius 1 is 1.35 bits per heavy atom. The van der Waals surface area contributed by atoms with Crippen LogP contribution in [0.5, 0.6) is 0 Å². The molecule has 106 valence electrons. The van der Waals surface area contributed by atoms with Gasteiger partial charge in [-0.25, -0.2) is 0 Å². The van der Waals surface area contributed by atoms with Gasteiger partial charge in [0.2, 0.25) is 0 Å². The van der Waals surface area contributed by atoms with Crippen molar-refractivity contribution in [3.05, 3.63) is 58.3 Å². The van der Waals surface area contributed by atoms with Crippen LogP contribution in [0.4, 0.5) is 5.69 Å². The van der Waals surface area contributed by atoms with Crippen LogP contribution in [-0.2, 0) is 6.54 Å². The van der Waals surface area contributed by atoms with Crippen molar-refractivity contribution in [3.8, 4) is 0 Å². The lowest BCUT2D eigenvalue weighted by atomic mass is 10.1. The van der Waals surface area contributed by atoms with Gasteiger partial charge < -0.3 is 10.2 Å². The lowest BCUT2D eigenvalue weighted by Gasteiger charge is -2.25. The molecule has 2 rings (SSSR count). The first-order valence-corrected chi connectivity index (χ1v) is 7.48. The number of pyridine rings is 1. The Morgan fingerprint density at radius 3 is 2.80 bits per heavy atom. The van der Waals surface area contributed by atoms with E-state index in [0.29, 0.717) is 6.04 Å². The van der Waals surface area contributed by atoms with Crippen LogP contribution < -0.4 is 10.2 Å². The zero-order valence-corrected chi connectivity index (χ0v) is 13.7. The van der Waals surface area contributed by atoms with Gasteiger partial charge in [0.25, 0.3) is 0 Å². The van der Waals surface area contributed by atoms with Crippen LogP contribution in [0.15, 0.2) is 47.2 Å². The standard InChI is InChI=1S/C16H20BrN3/c1-12(18-2)15-9-14(17)6-7-16(15)20(3)11-13-5-4-8-19-10-13/h4-10,12,18H,11H2,1-3H3. The SMILES string of the molecule is CNC(C)c1cc(Br)ccc1N(C)Cc1cccnc1. The predicted molar refractivity (Wildman–Crippen MR) is 88.0 cm³/mol. The van der Waals surface area contributed by atoms with Crippen molar-refractivity contribution in [2.75, 3.05) is 19.0 Å². The minimum Gasteiger partial charge on any atom is -0.370 e. The van der Waals surface area contributed by atoms with E-state index in [0.717, 1.165) is 11.0 Å². The van der Waals surface area contributed by atoms with Crippen LogP contribution in [0.2, 0.25) is 0 Å². The van der Waals surface area contributed by atoms with E-state index < -0.39 is 0 Å². The highest BCUT2D eigenvalue weighted by atomic mass is 79.9. The first kappa shape index (κ1) is 15.0. The van der Waals surface area contributed by atoms with Gasteiger partial charge in [-0.3, -0.25) is 4.98 Å². The number of rotatable bonds is 5. The fraction of sp³-hybridized carbons (Fsp3) is 0.312. The minimum atomic E-state index is 0.304. The molecule has 0 saturated carbocycles. The summed E-state index contributed by atoms with van der Waals surface area (Å²) in [6, 6.07) is 10.8. The second-order valence-electron chi connectivity index (χ2n) is 4.93. The molecule has 0 bridgehead atoms. The molecule has 4 heteroatoms. The molecule has 0 fully saturated rings. The van der Waals surface area contributed by atoms with Gasteiger partial charge in [0, 0.05) is 42.2 Å². The number of nitrogens with one attached hydrogen (secondary N) is 1. The van der Waals surface area contributed by atoms with Crippen molar-refractivity contribution in [3.63, 3.8) is 0 Å². The monoisotopic (exact) mass is 333 g/mol. The molecule has 1 N–H and O–H groups in total. The van der Waals surface area contributed by atoms with E-state index in [1.54, 1.807) is 6.20 Å². The number of anilines is 1. The highest BCUT2D eigenvalue weighted by Gasteiger charge is 2.13. The second-order valence-corrected chi connectivity index (χ2v) is 5.85. The summed E-state index contributed by atoms with van der Waals surface area (Å²) in [7, 11) is 4.10. The summed E-state index contributed by atoms with van der Waals surface area (Å²) in [4.78, 5) is 6.43. The molecule has 3 nitrogen and oxygen atoms in total. The molecular formula is C16H20BrN3. The highest BCUT2D eigenvalue weighted by Crippen LogP contribution is 2.29. The Kier molecular flexibility index (Phi) is 5.15. The molecule has 0 amide bonds. The lowest BCUT2D eigenvalue weighted by molar-refractivity contribution is 0.649. The molecule has 1 unspecified atom stereocenters. The first-order chi connectivity index (χ1) is 9.61. The Hall–Kier alpha value is -1.39. The average molecular weight is 334 g/mol. The van der Waals surface area contributed by atoms with E-state index >= 15 is 0 Å². The van der Waals surface area contributed by atoms with Crippen molar-refractivity contribution in [2.24, 2.45) is 0 Å². The van der Waals surface area contributed by atoms with Gasteiger partial charge in [0.1, 0.15) is 0 Å². The van der Waals surface area contributed by atoms with E-state index in [1.807, 2.05) is 19.3 Å². The molecule has 1 aromatic heterocycles. The maximum atomic E-state index is 4.17. The molecule has 0 aliphatic carbocycles. The molecule has 0 saturated heterocycles. The van der Waals surface area contributed by atoms with E-state index in [1.165, 1.54) is 16.8 Å². The Labute approximate surface area is 129 Å². The van der Waals surface area contributed by atoms with E-state index in [4.69, 9.17) is 0 Å². The Morgan fingerprint density at radius 2 is 2.15 bits per heavy atom. The van der Waals surface area contributed by atoms with Crippen molar-refractivity contribution in [1.29, 1.82) is 0 Å². The van der Waals surface area contributed by atoms with E-state index in [2.05, 4.69) is 69.4 Å². The molecule has 20 heavy (non-hydrogen) atoms. The van der Waals surface area contributed by atoms with Gasteiger partial charge >= 0.3 is 0 Å². The third-order valence-electron chi connectivity index (χ3n) is 3.44. The van der Waals surface area contributed by atoms with Crippen molar-refractivity contribution < 1.29 is 0 Å². The Bertz CT molecular complexity index is 557. The van der Waals surface area contributed by atoms with E-state index in [9.17, 15) is 0 Å². The van der Waals surface area contributed by atoms with Crippen LogP contribution in [-0.4, -0.2) is 19.1 Å². The summed E-state index contributed by atoms with van der Waals surface area (Å²) >= 11 is 3.55. The van der Waals surface area contributed by atoms with Gasteiger partial charge in [-0.1, -0.05) is 22.0 Å². The summed E-state index contributed by atoms with van der Waals surface area (Å²) in [5, 5.41) is 3.31. The molecule has 0 radical (unpaired) electrons. The molecule has 1 atom stereocenters.